The monoisotopic (exact) mass is 289 g/mol. The van der Waals surface area contributed by atoms with E-state index < -0.39 is 0 Å². The normalized spacial score (nSPS) is 11.4. The van der Waals surface area contributed by atoms with Crippen LogP contribution in [0.25, 0.3) is 0 Å². The average Bonchev–Trinajstić information content (AvgIpc) is 2.41. The third-order valence-electron chi connectivity index (χ3n) is 3.21. The van der Waals surface area contributed by atoms with Crippen molar-refractivity contribution in [3.8, 4) is 0 Å². The third-order valence-corrected chi connectivity index (χ3v) is 3.21. The summed E-state index contributed by atoms with van der Waals surface area (Å²) in [6.45, 7) is 6.32. The van der Waals surface area contributed by atoms with E-state index in [2.05, 4.69) is 10.3 Å². The summed E-state index contributed by atoms with van der Waals surface area (Å²) >= 11 is 0. The minimum absolute atomic E-state index is 0.168. The fraction of sp³-hybridized carbons (Fsp3) is 0.375. The molecule has 5 heteroatoms. The first-order valence-corrected chi connectivity index (χ1v) is 6.95. The van der Waals surface area contributed by atoms with Crippen molar-refractivity contribution in [1.82, 2.24) is 9.55 Å². The summed E-state index contributed by atoms with van der Waals surface area (Å²) in [6.07, 6.45) is 3.76. The van der Waals surface area contributed by atoms with E-state index in [1.165, 1.54) is 6.07 Å². The van der Waals surface area contributed by atoms with Crippen LogP contribution in [0.4, 0.5) is 10.2 Å². The molecule has 1 heterocycles. The van der Waals surface area contributed by atoms with Gasteiger partial charge >= 0.3 is 0 Å². The summed E-state index contributed by atoms with van der Waals surface area (Å²) < 4.78 is 15.1. The Labute approximate surface area is 123 Å². The van der Waals surface area contributed by atoms with Crippen molar-refractivity contribution in [1.29, 1.82) is 0 Å². The molecule has 0 atom stereocenters. The molecule has 0 unspecified atom stereocenters. The Balaban J connectivity index is 2.08. The maximum Gasteiger partial charge on any atom is 0.293 e. The highest BCUT2D eigenvalue weighted by Crippen LogP contribution is 2.11. The minimum atomic E-state index is -0.304. The molecule has 112 valence electrons. The Bertz CT molecular complexity index is 674. The van der Waals surface area contributed by atoms with E-state index in [1.807, 2.05) is 20.8 Å². The van der Waals surface area contributed by atoms with Crippen LogP contribution in [0.2, 0.25) is 0 Å². The molecule has 0 saturated carbocycles. The van der Waals surface area contributed by atoms with Gasteiger partial charge in [0, 0.05) is 24.5 Å². The number of hydrogen-bond donors (Lipinski definition) is 1. The SMILES string of the molecule is CC(C)(C)n1ccnc(NCCc2ccccc2F)c1=O. The van der Waals surface area contributed by atoms with Crippen molar-refractivity contribution in [3.05, 3.63) is 58.4 Å². The lowest BCUT2D eigenvalue weighted by molar-refractivity contribution is 0.383. The predicted octanol–water partition coefficient (Wildman–Crippen LogP) is 2.79. The summed E-state index contributed by atoms with van der Waals surface area (Å²) in [6, 6.07) is 6.63. The largest absolute Gasteiger partial charge is 0.365 e. The van der Waals surface area contributed by atoms with Crippen LogP contribution in [-0.2, 0) is 12.0 Å². The molecule has 0 aliphatic rings. The van der Waals surface area contributed by atoms with Gasteiger partial charge in [-0.1, -0.05) is 18.2 Å². The van der Waals surface area contributed by atoms with Gasteiger partial charge in [-0.15, -0.1) is 0 Å². The van der Waals surface area contributed by atoms with Crippen LogP contribution < -0.4 is 10.9 Å². The lowest BCUT2D eigenvalue weighted by atomic mass is 10.1. The fourth-order valence-electron chi connectivity index (χ4n) is 2.08. The first kappa shape index (κ1) is 15.2. The van der Waals surface area contributed by atoms with Gasteiger partial charge in [0.05, 0.1) is 0 Å². The number of hydrogen-bond acceptors (Lipinski definition) is 3. The number of nitrogens with zero attached hydrogens (tertiary/aromatic N) is 2. The van der Waals surface area contributed by atoms with Gasteiger partial charge in [0.2, 0.25) is 0 Å². The minimum Gasteiger partial charge on any atom is -0.365 e. The molecule has 0 spiro atoms. The second-order valence-electron chi connectivity index (χ2n) is 5.89. The molecule has 1 N–H and O–H groups in total. The lowest BCUT2D eigenvalue weighted by Crippen LogP contribution is -2.35. The highest BCUT2D eigenvalue weighted by atomic mass is 19.1. The van der Waals surface area contributed by atoms with Gasteiger partial charge in [-0.2, -0.15) is 0 Å². The Morgan fingerprint density at radius 3 is 2.67 bits per heavy atom. The number of nitrogens with one attached hydrogen (secondary N) is 1. The topological polar surface area (TPSA) is 46.9 Å². The molecular formula is C16H20FN3O. The van der Waals surface area contributed by atoms with Gasteiger partial charge in [-0.25, -0.2) is 9.37 Å². The Kier molecular flexibility index (Phi) is 4.40. The zero-order valence-corrected chi connectivity index (χ0v) is 12.6. The molecule has 0 saturated heterocycles. The molecule has 2 aromatic rings. The van der Waals surface area contributed by atoms with Crippen molar-refractivity contribution < 1.29 is 4.39 Å². The summed E-state index contributed by atoms with van der Waals surface area (Å²) in [7, 11) is 0. The summed E-state index contributed by atoms with van der Waals surface area (Å²) in [4.78, 5) is 16.4. The second-order valence-corrected chi connectivity index (χ2v) is 5.89. The van der Waals surface area contributed by atoms with E-state index in [1.54, 1.807) is 35.2 Å². The first-order chi connectivity index (χ1) is 9.89. The molecule has 0 bridgehead atoms. The zero-order valence-electron chi connectivity index (χ0n) is 12.6. The van der Waals surface area contributed by atoms with Gasteiger partial charge in [0.15, 0.2) is 5.82 Å². The van der Waals surface area contributed by atoms with Gasteiger partial charge in [-0.3, -0.25) is 4.79 Å². The van der Waals surface area contributed by atoms with Crippen LogP contribution in [0, 0.1) is 5.82 Å². The molecule has 0 radical (unpaired) electrons. The predicted molar refractivity (Wildman–Crippen MR) is 82.1 cm³/mol. The maximum atomic E-state index is 13.5. The molecule has 0 amide bonds. The zero-order chi connectivity index (χ0) is 15.5. The highest BCUT2D eigenvalue weighted by Gasteiger charge is 2.16. The van der Waals surface area contributed by atoms with E-state index in [-0.39, 0.29) is 16.9 Å². The van der Waals surface area contributed by atoms with Crippen LogP contribution in [0.15, 0.2) is 41.5 Å². The van der Waals surface area contributed by atoms with Gasteiger partial charge in [0.25, 0.3) is 5.56 Å². The Morgan fingerprint density at radius 2 is 2.00 bits per heavy atom. The number of benzene rings is 1. The second kappa shape index (κ2) is 6.08. The van der Waals surface area contributed by atoms with Crippen LogP contribution in [0.1, 0.15) is 26.3 Å². The third kappa shape index (κ3) is 3.68. The highest BCUT2D eigenvalue weighted by molar-refractivity contribution is 5.31. The van der Waals surface area contributed by atoms with Crippen molar-refractivity contribution in [2.45, 2.75) is 32.7 Å². The van der Waals surface area contributed by atoms with Crippen LogP contribution in [0.3, 0.4) is 0 Å². The standard InChI is InChI=1S/C16H20FN3O/c1-16(2,3)20-11-10-19-14(15(20)21)18-9-8-12-6-4-5-7-13(12)17/h4-7,10-11H,8-9H2,1-3H3,(H,18,19). The van der Waals surface area contributed by atoms with Crippen LogP contribution >= 0.6 is 0 Å². The van der Waals surface area contributed by atoms with Crippen molar-refractivity contribution >= 4 is 5.82 Å². The summed E-state index contributed by atoms with van der Waals surface area (Å²) in [5, 5.41) is 2.99. The first-order valence-electron chi connectivity index (χ1n) is 6.95. The van der Waals surface area contributed by atoms with Crippen molar-refractivity contribution in [3.63, 3.8) is 0 Å². The molecule has 1 aromatic heterocycles. The number of aromatic nitrogens is 2. The van der Waals surface area contributed by atoms with E-state index in [0.717, 1.165) is 0 Å². The molecule has 1 aromatic carbocycles. The lowest BCUT2D eigenvalue weighted by Gasteiger charge is -2.22. The number of halogens is 1. The quantitative estimate of drug-likeness (QED) is 0.941. The average molecular weight is 289 g/mol. The molecule has 21 heavy (non-hydrogen) atoms. The van der Waals surface area contributed by atoms with E-state index in [9.17, 15) is 9.18 Å². The number of anilines is 1. The van der Waals surface area contributed by atoms with E-state index >= 15 is 0 Å². The molecule has 0 aliphatic heterocycles. The summed E-state index contributed by atoms with van der Waals surface area (Å²) in [5.74, 6) is 0.0659. The van der Waals surface area contributed by atoms with E-state index in [4.69, 9.17) is 0 Å². The Hall–Kier alpha value is -2.17. The van der Waals surface area contributed by atoms with Gasteiger partial charge in [-0.05, 0) is 38.8 Å². The van der Waals surface area contributed by atoms with Crippen LogP contribution in [-0.4, -0.2) is 16.1 Å². The fourth-order valence-corrected chi connectivity index (χ4v) is 2.08. The maximum absolute atomic E-state index is 13.5. The summed E-state index contributed by atoms with van der Waals surface area (Å²) in [5.41, 5.74) is 0.151. The smallest absolute Gasteiger partial charge is 0.293 e. The molecule has 0 fully saturated rings. The molecular weight excluding hydrogens is 269 g/mol. The van der Waals surface area contributed by atoms with Gasteiger partial charge < -0.3 is 9.88 Å². The van der Waals surface area contributed by atoms with Crippen LogP contribution in [0.5, 0.6) is 0 Å². The van der Waals surface area contributed by atoms with Crippen molar-refractivity contribution in [2.24, 2.45) is 0 Å². The number of rotatable bonds is 4. The van der Waals surface area contributed by atoms with E-state index in [0.29, 0.717) is 24.3 Å². The molecule has 2 rings (SSSR count). The molecule has 0 aliphatic carbocycles. The Morgan fingerprint density at radius 1 is 1.29 bits per heavy atom. The molecule has 4 nitrogen and oxygen atoms in total. The van der Waals surface area contributed by atoms with Crippen molar-refractivity contribution in [2.75, 3.05) is 11.9 Å². The van der Waals surface area contributed by atoms with Gasteiger partial charge in [0.1, 0.15) is 5.82 Å².